The van der Waals surface area contributed by atoms with Crippen LogP contribution in [-0.2, 0) is 26.1 Å². The highest BCUT2D eigenvalue weighted by Gasteiger charge is 2.49. The van der Waals surface area contributed by atoms with Gasteiger partial charge in [0, 0.05) is 48.4 Å². The summed E-state index contributed by atoms with van der Waals surface area (Å²) in [4.78, 5) is 27.2. The first kappa shape index (κ1) is 16.7. The van der Waals surface area contributed by atoms with Crippen molar-refractivity contribution in [1.82, 2.24) is 9.47 Å². The minimum atomic E-state index is -0.525. The van der Waals surface area contributed by atoms with E-state index in [0.717, 1.165) is 22.2 Å². The number of carbonyl (C=O) groups is 2. The molecule has 2 aromatic rings. The molecule has 0 N–H and O–H groups in total. The van der Waals surface area contributed by atoms with Gasteiger partial charge in [-0.05, 0) is 12.5 Å². The Morgan fingerprint density at radius 1 is 1.12 bits per heavy atom. The number of rotatable bonds is 2. The van der Waals surface area contributed by atoms with Crippen LogP contribution in [0.15, 0.2) is 36.0 Å². The first-order chi connectivity index (χ1) is 12.5. The molecule has 0 spiro atoms. The topological polar surface area (TPSA) is 60.8 Å². The molecule has 0 saturated heterocycles. The molecule has 2 heterocycles. The van der Waals surface area contributed by atoms with E-state index in [0.29, 0.717) is 12.0 Å². The average molecular weight is 354 g/mol. The normalized spacial score (nSPS) is 24.1. The molecule has 0 radical (unpaired) electrons. The maximum Gasteiger partial charge on any atom is 0.335 e. The van der Waals surface area contributed by atoms with Crippen LogP contribution in [0, 0.1) is 5.92 Å². The lowest BCUT2D eigenvalue weighted by Crippen LogP contribution is -2.41. The molecule has 1 aliphatic heterocycles. The van der Waals surface area contributed by atoms with Gasteiger partial charge in [0.15, 0.2) is 0 Å². The number of aromatic nitrogens is 1. The van der Waals surface area contributed by atoms with Gasteiger partial charge in [-0.25, -0.2) is 4.79 Å². The standard InChI is InChI=1S/C20H22N2O4/c1-21-10-13(19(23)25-3)12-9-15(21)16-11-7-5-6-8-14(11)22(2)18(16)17(12)20(24)26-4/h5-8,10,12,15,17H,9H2,1-4H3/t12-,15-,17-/m0/s1. The van der Waals surface area contributed by atoms with Gasteiger partial charge in [0.2, 0.25) is 0 Å². The molecule has 136 valence electrons. The number of nitrogens with zero attached hydrogens (tertiary/aromatic N) is 2. The Morgan fingerprint density at radius 3 is 2.54 bits per heavy atom. The lowest BCUT2D eigenvalue weighted by molar-refractivity contribution is -0.145. The molecule has 6 nitrogen and oxygen atoms in total. The number of methoxy groups -OCH3 is 2. The zero-order valence-corrected chi connectivity index (χ0v) is 15.4. The SMILES string of the molecule is COC(=O)C1=CN(C)[C@H]2C[C@@H]1[C@H](C(=O)OC)c1c2c2ccccc2n1C. The highest BCUT2D eigenvalue weighted by molar-refractivity contribution is 5.94. The van der Waals surface area contributed by atoms with Gasteiger partial charge in [0.1, 0.15) is 5.92 Å². The number of carbonyl (C=O) groups excluding carboxylic acids is 2. The number of benzene rings is 1. The van der Waals surface area contributed by atoms with Crippen LogP contribution in [0.5, 0.6) is 0 Å². The lowest BCUT2D eigenvalue weighted by Gasteiger charge is -2.43. The molecule has 2 bridgehead atoms. The molecule has 0 unspecified atom stereocenters. The molecule has 1 aliphatic carbocycles. The average Bonchev–Trinajstić information content (AvgIpc) is 2.96. The van der Waals surface area contributed by atoms with Crippen molar-refractivity contribution in [2.75, 3.05) is 21.3 Å². The van der Waals surface area contributed by atoms with Crippen LogP contribution in [-0.4, -0.2) is 42.7 Å². The van der Waals surface area contributed by atoms with E-state index in [2.05, 4.69) is 21.6 Å². The molecule has 0 saturated carbocycles. The maximum absolute atomic E-state index is 12.8. The van der Waals surface area contributed by atoms with Gasteiger partial charge >= 0.3 is 11.9 Å². The molecular weight excluding hydrogens is 332 g/mol. The second-order valence-corrected chi connectivity index (χ2v) is 6.98. The smallest absolute Gasteiger partial charge is 0.335 e. The zero-order chi connectivity index (χ0) is 18.6. The molecule has 4 rings (SSSR count). The molecule has 1 aromatic carbocycles. The van der Waals surface area contributed by atoms with Crippen molar-refractivity contribution in [1.29, 1.82) is 0 Å². The van der Waals surface area contributed by atoms with Crippen molar-refractivity contribution in [2.45, 2.75) is 18.4 Å². The van der Waals surface area contributed by atoms with Gasteiger partial charge in [0.05, 0.1) is 25.8 Å². The summed E-state index contributed by atoms with van der Waals surface area (Å²) >= 11 is 0. The Morgan fingerprint density at radius 2 is 1.85 bits per heavy atom. The van der Waals surface area contributed by atoms with Crippen LogP contribution in [0.3, 0.4) is 0 Å². The van der Waals surface area contributed by atoms with Crippen LogP contribution < -0.4 is 0 Å². The van der Waals surface area contributed by atoms with Gasteiger partial charge < -0.3 is 18.9 Å². The molecule has 2 aliphatic rings. The van der Waals surface area contributed by atoms with Crippen LogP contribution in [0.1, 0.15) is 29.6 Å². The Labute approximate surface area is 152 Å². The minimum absolute atomic E-state index is 0.107. The third-order valence-corrected chi connectivity index (χ3v) is 5.81. The van der Waals surface area contributed by atoms with E-state index in [1.165, 1.54) is 14.2 Å². The molecule has 6 heteroatoms. The van der Waals surface area contributed by atoms with E-state index in [9.17, 15) is 9.59 Å². The van der Waals surface area contributed by atoms with Crippen molar-refractivity contribution < 1.29 is 19.1 Å². The number of ether oxygens (including phenoxy) is 2. The largest absolute Gasteiger partial charge is 0.468 e. The number of aryl methyl sites for hydroxylation is 1. The van der Waals surface area contributed by atoms with E-state index >= 15 is 0 Å². The van der Waals surface area contributed by atoms with E-state index < -0.39 is 11.9 Å². The van der Waals surface area contributed by atoms with Crippen LogP contribution in [0.4, 0.5) is 0 Å². The third-order valence-electron chi connectivity index (χ3n) is 5.81. The van der Waals surface area contributed by atoms with Gasteiger partial charge in [-0.3, -0.25) is 4.79 Å². The zero-order valence-electron chi connectivity index (χ0n) is 15.4. The minimum Gasteiger partial charge on any atom is -0.468 e. The van der Waals surface area contributed by atoms with Crippen molar-refractivity contribution in [3.63, 3.8) is 0 Å². The number of hydrogen-bond donors (Lipinski definition) is 0. The first-order valence-corrected chi connectivity index (χ1v) is 8.66. The predicted molar refractivity (Wildman–Crippen MR) is 96.4 cm³/mol. The van der Waals surface area contributed by atoms with E-state index in [4.69, 9.17) is 9.47 Å². The van der Waals surface area contributed by atoms with Gasteiger partial charge in [-0.2, -0.15) is 0 Å². The van der Waals surface area contributed by atoms with Gasteiger partial charge in [-0.15, -0.1) is 0 Å². The fraction of sp³-hybridized carbons (Fsp3) is 0.400. The Bertz CT molecular complexity index is 943. The summed E-state index contributed by atoms with van der Waals surface area (Å²) in [5.74, 6) is -1.49. The van der Waals surface area contributed by atoms with Crippen molar-refractivity contribution in [3.05, 3.63) is 47.3 Å². The molecule has 26 heavy (non-hydrogen) atoms. The molecular formula is C20H22N2O4. The Kier molecular flexibility index (Phi) is 3.79. The first-order valence-electron chi connectivity index (χ1n) is 8.66. The molecule has 0 amide bonds. The summed E-state index contributed by atoms with van der Waals surface area (Å²) in [7, 11) is 6.70. The highest BCUT2D eigenvalue weighted by Crippen LogP contribution is 2.52. The molecule has 1 aromatic heterocycles. The maximum atomic E-state index is 12.8. The molecule has 0 fully saturated rings. The molecule has 3 atom stereocenters. The second kappa shape index (κ2) is 5.90. The number of esters is 2. The van der Waals surface area contributed by atoms with Crippen LogP contribution >= 0.6 is 0 Å². The summed E-state index contributed by atoms with van der Waals surface area (Å²) in [5, 5.41) is 1.14. The van der Waals surface area contributed by atoms with E-state index in [1.54, 1.807) is 0 Å². The third kappa shape index (κ3) is 2.11. The Hall–Kier alpha value is -2.76. The summed E-state index contributed by atoms with van der Waals surface area (Å²) in [6.45, 7) is 0. The van der Waals surface area contributed by atoms with Gasteiger partial charge in [-0.1, -0.05) is 18.2 Å². The monoisotopic (exact) mass is 354 g/mol. The number of para-hydroxylation sites is 1. The summed E-state index contributed by atoms with van der Waals surface area (Å²) in [6.07, 6.45) is 2.50. The van der Waals surface area contributed by atoms with E-state index in [-0.39, 0.29) is 17.9 Å². The van der Waals surface area contributed by atoms with Gasteiger partial charge in [0.25, 0.3) is 0 Å². The number of fused-ring (bicyclic) bond motifs is 6. The summed E-state index contributed by atoms with van der Waals surface area (Å²) in [6, 6.07) is 8.27. The van der Waals surface area contributed by atoms with Crippen LogP contribution in [0.2, 0.25) is 0 Å². The van der Waals surface area contributed by atoms with Crippen molar-refractivity contribution in [2.24, 2.45) is 13.0 Å². The number of hydrogen-bond acceptors (Lipinski definition) is 5. The predicted octanol–water partition coefficient (Wildman–Crippen LogP) is 2.50. The van der Waals surface area contributed by atoms with Crippen molar-refractivity contribution in [3.8, 4) is 0 Å². The fourth-order valence-corrected chi connectivity index (χ4v) is 4.66. The quantitative estimate of drug-likeness (QED) is 0.776. The Balaban J connectivity index is 2.01. The highest BCUT2D eigenvalue weighted by atomic mass is 16.5. The lowest BCUT2D eigenvalue weighted by atomic mass is 9.70. The van der Waals surface area contributed by atoms with Crippen LogP contribution in [0.25, 0.3) is 10.9 Å². The fourth-order valence-electron chi connectivity index (χ4n) is 4.66. The van der Waals surface area contributed by atoms with Crippen molar-refractivity contribution >= 4 is 22.8 Å². The second-order valence-electron chi connectivity index (χ2n) is 6.98. The summed E-state index contributed by atoms with van der Waals surface area (Å²) in [5.41, 5.74) is 3.68. The van der Waals surface area contributed by atoms with E-state index in [1.807, 2.05) is 32.4 Å². The summed E-state index contributed by atoms with van der Waals surface area (Å²) < 4.78 is 12.2.